The first kappa shape index (κ1) is 23.0. The molecule has 7 nitrogen and oxygen atoms in total. The first-order valence-corrected chi connectivity index (χ1v) is 11.6. The molecule has 1 aliphatic rings. The van der Waals surface area contributed by atoms with Gasteiger partial charge in [-0.25, -0.2) is 0 Å². The van der Waals surface area contributed by atoms with Crippen molar-refractivity contribution in [1.82, 2.24) is 15.2 Å². The molecular weight excluding hydrogens is 418 g/mol. The summed E-state index contributed by atoms with van der Waals surface area (Å²) in [7, 11) is 0. The maximum Gasteiger partial charge on any atom is 0.257 e. The molecule has 3 aromatic rings. The highest BCUT2D eigenvalue weighted by Gasteiger charge is 2.15. The van der Waals surface area contributed by atoms with Gasteiger partial charge >= 0.3 is 0 Å². The topological polar surface area (TPSA) is 83.7 Å². The zero-order valence-corrected chi connectivity index (χ0v) is 19.1. The van der Waals surface area contributed by atoms with Gasteiger partial charge in [0.1, 0.15) is 11.3 Å². The summed E-state index contributed by atoms with van der Waals surface area (Å²) in [6.45, 7) is 7.39. The summed E-state index contributed by atoms with van der Waals surface area (Å²) >= 11 is 0. The van der Waals surface area contributed by atoms with Gasteiger partial charge < -0.3 is 24.7 Å². The fourth-order valence-corrected chi connectivity index (χ4v) is 4.09. The van der Waals surface area contributed by atoms with Crippen molar-refractivity contribution in [2.75, 3.05) is 32.8 Å². The molecule has 0 atom stereocenters. The third kappa shape index (κ3) is 5.80. The number of H-pyrrole nitrogens is 1. The van der Waals surface area contributed by atoms with Gasteiger partial charge in [-0.15, -0.1) is 0 Å². The number of hydrogen-bond donors (Lipinski definition) is 2. The first-order chi connectivity index (χ1) is 16.2. The van der Waals surface area contributed by atoms with Crippen molar-refractivity contribution >= 4 is 16.8 Å². The normalized spacial score (nSPS) is 14.0. The van der Waals surface area contributed by atoms with Crippen LogP contribution >= 0.6 is 0 Å². The zero-order valence-electron chi connectivity index (χ0n) is 19.1. The molecular formula is C26H31N3O4. The van der Waals surface area contributed by atoms with Crippen LogP contribution in [0.1, 0.15) is 41.3 Å². The maximum absolute atomic E-state index is 12.8. The van der Waals surface area contributed by atoms with Crippen molar-refractivity contribution in [3.63, 3.8) is 0 Å². The lowest BCUT2D eigenvalue weighted by atomic mass is 10.1. The van der Waals surface area contributed by atoms with Crippen LogP contribution in [0.5, 0.6) is 5.75 Å². The second kappa shape index (κ2) is 11.1. The number of rotatable bonds is 10. The summed E-state index contributed by atoms with van der Waals surface area (Å²) in [4.78, 5) is 31.0. The fourth-order valence-electron chi connectivity index (χ4n) is 4.09. The van der Waals surface area contributed by atoms with E-state index < -0.39 is 5.91 Å². The van der Waals surface area contributed by atoms with E-state index in [1.807, 2.05) is 31.2 Å². The Balaban J connectivity index is 1.30. The standard InChI is InChI=1S/C26H31N3O4/c1-2-33-23-7-5-6-21-24(23)27-17-22(25(21)30)26(31)28-16-19-8-10-20(11-9-19)18-32-15-14-29-12-3-4-13-29/h5-11,17H,2-4,12-16,18H2,1H3,(H,27,30)(H,28,31). The van der Waals surface area contributed by atoms with Gasteiger partial charge in [0.15, 0.2) is 0 Å². The zero-order chi connectivity index (χ0) is 23.0. The second-order valence-electron chi connectivity index (χ2n) is 8.24. The Bertz CT molecular complexity index is 1130. The largest absolute Gasteiger partial charge is 0.492 e. The van der Waals surface area contributed by atoms with E-state index in [0.29, 0.717) is 36.4 Å². The number of amides is 1. The predicted octanol–water partition coefficient (Wildman–Crippen LogP) is 3.47. The second-order valence-corrected chi connectivity index (χ2v) is 8.24. The number of aromatic nitrogens is 1. The summed E-state index contributed by atoms with van der Waals surface area (Å²) in [5, 5.41) is 3.27. The highest BCUT2D eigenvalue weighted by Crippen LogP contribution is 2.21. The molecule has 33 heavy (non-hydrogen) atoms. The van der Waals surface area contributed by atoms with E-state index in [1.54, 1.807) is 18.2 Å². The number of carbonyl (C=O) groups excluding carboxylic acids is 1. The Kier molecular flexibility index (Phi) is 7.75. The average Bonchev–Trinajstić information content (AvgIpc) is 3.36. The Hall–Kier alpha value is -3.16. The number of fused-ring (bicyclic) bond motifs is 1. The number of nitrogens with one attached hydrogen (secondary N) is 2. The van der Waals surface area contributed by atoms with Crippen LogP contribution in [0.3, 0.4) is 0 Å². The van der Waals surface area contributed by atoms with Crippen LogP contribution in [-0.4, -0.2) is 48.6 Å². The van der Waals surface area contributed by atoms with E-state index in [-0.39, 0.29) is 11.0 Å². The van der Waals surface area contributed by atoms with Crippen LogP contribution < -0.4 is 15.5 Å². The summed E-state index contributed by atoms with van der Waals surface area (Å²) in [5.41, 5.74) is 2.42. The van der Waals surface area contributed by atoms with Crippen molar-refractivity contribution in [1.29, 1.82) is 0 Å². The summed E-state index contributed by atoms with van der Waals surface area (Å²) in [6.07, 6.45) is 4.04. The lowest BCUT2D eigenvalue weighted by Crippen LogP contribution is -2.28. The Morgan fingerprint density at radius 1 is 1.09 bits per heavy atom. The van der Waals surface area contributed by atoms with Crippen molar-refractivity contribution < 1.29 is 14.3 Å². The Morgan fingerprint density at radius 2 is 1.85 bits per heavy atom. The molecule has 174 valence electrons. The van der Waals surface area contributed by atoms with Crippen LogP contribution in [0.15, 0.2) is 53.5 Å². The van der Waals surface area contributed by atoms with Gasteiger partial charge in [0.25, 0.3) is 5.91 Å². The molecule has 2 aromatic carbocycles. The van der Waals surface area contributed by atoms with E-state index in [2.05, 4.69) is 15.2 Å². The van der Waals surface area contributed by atoms with E-state index in [9.17, 15) is 9.59 Å². The molecule has 2 heterocycles. The van der Waals surface area contributed by atoms with Gasteiger partial charge in [0, 0.05) is 19.3 Å². The van der Waals surface area contributed by atoms with Crippen LogP contribution in [0, 0.1) is 0 Å². The number of carbonyl (C=O) groups is 1. The molecule has 0 spiro atoms. The minimum Gasteiger partial charge on any atom is -0.492 e. The van der Waals surface area contributed by atoms with Crippen molar-refractivity contribution in [2.24, 2.45) is 0 Å². The van der Waals surface area contributed by atoms with Gasteiger partial charge in [-0.05, 0) is 56.1 Å². The highest BCUT2D eigenvalue weighted by atomic mass is 16.5. The number of pyridine rings is 1. The predicted molar refractivity (Wildman–Crippen MR) is 129 cm³/mol. The van der Waals surface area contributed by atoms with Crippen LogP contribution in [0.25, 0.3) is 10.9 Å². The molecule has 0 unspecified atom stereocenters. The molecule has 4 rings (SSSR count). The Labute approximate surface area is 193 Å². The van der Waals surface area contributed by atoms with E-state index in [4.69, 9.17) is 9.47 Å². The highest BCUT2D eigenvalue weighted by molar-refractivity contribution is 5.97. The van der Waals surface area contributed by atoms with Crippen LogP contribution in [0.2, 0.25) is 0 Å². The number of aromatic amines is 1. The van der Waals surface area contributed by atoms with Gasteiger partial charge in [-0.3, -0.25) is 9.59 Å². The van der Waals surface area contributed by atoms with E-state index in [1.165, 1.54) is 32.1 Å². The third-order valence-corrected chi connectivity index (χ3v) is 5.92. The first-order valence-electron chi connectivity index (χ1n) is 11.6. The number of hydrogen-bond acceptors (Lipinski definition) is 5. The minimum absolute atomic E-state index is 0.0826. The minimum atomic E-state index is -0.408. The molecule has 0 saturated carbocycles. The smallest absolute Gasteiger partial charge is 0.257 e. The van der Waals surface area contributed by atoms with Crippen LogP contribution in [-0.2, 0) is 17.9 Å². The van der Waals surface area contributed by atoms with E-state index >= 15 is 0 Å². The lowest BCUT2D eigenvalue weighted by Gasteiger charge is -2.14. The van der Waals surface area contributed by atoms with Gasteiger partial charge in [0.05, 0.1) is 30.7 Å². The molecule has 1 aromatic heterocycles. The summed E-state index contributed by atoms with van der Waals surface area (Å²) in [6, 6.07) is 13.2. The summed E-state index contributed by atoms with van der Waals surface area (Å²) < 4.78 is 11.4. The summed E-state index contributed by atoms with van der Waals surface area (Å²) in [5.74, 6) is 0.188. The maximum atomic E-state index is 12.8. The van der Waals surface area contributed by atoms with Crippen molar-refractivity contribution in [3.8, 4) is 5.75 Å². The molecule has 1 saturated heterocycles. The fraction of sp³-hybridized carbons (Fsp3) is 0.385. The molecule has 0 bridgehead atoms. The van der Waals surface area contributed by atoms with Crippen molar-refractivity contribution in [2.45, 2.75) is 32.9 Å². The van der Waals surface area contributed by atoms with Crippen LogP contribution in [0.4, 0.5) is 0 Å². The number of nitrogens with zero attached hydrogens (tertiary/aromatic N) is 1. The lowest BCUT2D eigenvalue weighted by molar-refractivity contribution is 0.0949. The molecule has 2 N–H and O–H groups in total. The SMILES string of the molecule is CCOc1cccc2c(=O)c(C(=O)NCc3ccc(COCCN4CCCC4)cc3)c[nH]c12. The molecule has 7 heteroatoms. The Morgan fingerprint density at radius 3 is 2.61 bits per heavy atom. The molecule has 0 radical (unpaired) electrons. The van der Waals surface area contributed by atoms with Crippen molar-refractivity contribution in [3.05, 3.63) is 75.6 Å². The monoisotopic (exact) mass is 449 g/mol. The average molecular weight is 450 g/mol. The van der Waals surface area contributed by atoms with Gasteiger partial charge in [-0.1, -0.05) is 30.3 Å². The van der Waals surface area contributed by atoms with E-state index in [0.717, 1.165) is 24.3 Å². The molecule has 0 aliphatic carbocycles. The number of ether oxygens (including phenoxy) is 2. The number of benzene rings is 2. The number of para-hydroxylation sites is 1. The molecule has 1 amide bonds. The molecule has 1 aliphatic heterocycles. The molecule has 1 fully saturated rings. The van der Waals surface area contributed by atoms with Gasteiger partial charge in [-0.2, -0.15) is 0 Å². The number of likely N-dealkylation sites (tertiary alicyclic amines) is 1. The quantitative estimate of drug-likeness (QED) is 0.463. The third-order valence-electron chi connectivity index (χ3n) is 5.92. The van der Waals surface area contributed by atoms with Gasteiger partial charge in [0.2, 0.25) is 5.43 Å².